The molecule has 0 saturated carbocycles. The number of halogens is 1. The predicted molar refractivity (Wildman–Crippen MR) is 79.4 cm³/mol. The Hall–Kier alpha value is -0.970. The molecule has 1 aromatic carbocycles. The molecule has 1 saturated heterocycles. The summed E-state index contributed by atoms with van der Waals surface area (Å²) in [4.78, 5) is 2.40. The van der Waals surface area contributed by atoms with Gasteiger partial charge in [-0.1, -0.05) is 19.1 Å². The first-order chi connectivity index (χ1) is 9.60. The van der Waals surface area contributed by atoms with Gasteiger partial charge in [0, 0.05) is 26.2 Å². The molecule has 1 N–H and O–H groups in total. The van der Waals surface area contributed by atoms with E-state index in [4.69, 9.17) is 4.74 Å². The van der Waals surface area contributed by atoms with E-state index in [2.05, 4.69) is 17.1 Å². The molecular formula is C16H25FN2O. The van der Waals surface area contributed by atoms with Crippen molar-refractivity contribution in [3.05, 3.63) is 34.6 Å². The Bertz CT molecular complexity index is 427. The van der Waals surface area contributed by atoms with Crippen LogP contribution >= 0.6 is 0 Å². The highest BCUT2D eigenvalue weighted by Gasteiger charge is 2.18. The summed E-state index contributed by atoms with van der Waals surface area (Å²) in [6.07, 6.45) is 0.256. The maximum absolute atomic E-state index is 13.6. The summed E-state index contributed by atoms with van der Waals surface area (Å²) < 4.78 is 19.3. The highest BCUT2D eigenvalue weighted by molar-refractivity contribution is 5.30. The van der Waals surface area contributed by atoms with Gasteiger partial charge in [0.1, 0.15) is 5.82 Å². The highest BCUT2D eigenvalue weighted by Crippen LogP contribution is 2.14. The predicted octanol–water partition coefficient (Wildman–Crippen LogP) is 2.25. The lowest BCUT2D eigenvalue weighted by Crippen LogP contribution is -2.46. The molecule has 0 radical (unpaired) electrons. The second kappa shape index (κ2) is 7.16. The molecule has 1 aliphatic heterocycles. The van der Waals surface area contributed by atoms with Gasteiger partial charge in [0.25, 0.3) is 0 Å². The van der Waals surface area contributed by atoms with Gasteiger partial charge in [-0.2, -0.15) is 0 Å². The zero-order chi connectivity index (χ0) is 14.5. The Balaban J connectivity index is 1.81. The fourth-order valence-corrected chi connectivity index (χ4v) is 2.71. The standard InChI is InChI=1S/C16H25FN2O/c1-4-19-5-6-20-15(11-19)10-18-9-14-7-12(2)16(17)13(3)8-14/h7-8,15,18H,4-6,9-11H2,1-3H3. The van der Waals surface area contributed by atoms with Crippen LogP contribution in [0.5, 0.6) is 0 Å². The first kappa shape index (κ1) is 15.4. The van der Waals surface area contributed by atoms with Crippen LogP contribution in [0.25, 0.3) is 0 Å². The van der Waals surface area contributed by atoms with E-state index < -0.39 is 0 Å². The lowest BCUT2D eigenvalue weighted by molar-refractivity contribution is -0.0253. The monoisotopic (exact) mass is 280 g/mol. The number of rotatable bonds is 5. The van der Waals surface area contributed by atoms with Gasteiger partial charge in [0.15, 0.2) is 0 Å². The van der Waals surface area contributed by atoms with Crippen LogP contribution in [0.1, 0.15) is 23.6 Å². The van der Waals surface area contributed by atoms with E-state index in [9.17, 15) is 4.39 Å². The van der Waals surface area contributed by atoms with Crippen LogP contribution < -0.4 is 5.32 Å². The third-order valence-corrected chi connectivity index (χ3v) is 3.87. The van der Waals surface area contributed by atoms with Crippen LogP contribution in [0.15, 0.2) is 12.1 Å². The van der Waals surface area contributed by atoms with Crippen LogP contribution in [0.4, 0.5) is 4.39 Å². The number of hydrogen-bond acceptors (Lipinski definition) is 3. The maximum Gasteiger partial charge on any atom is 0.129 e. The molecular weight excluding hydrogens is 255 g/mol. The quantitative estimate of drug-likeness (QED) is 0.895. The largest absolute Gasteiger partial charge is 0.374 e. The van der Waals surface area contributed by atoms with Crippen molar-refractivity contribution in [1.29, 1.82) is 0 Å². The van der Waals surface area contributed by atoms with Crippen molar-refractivity contribution < 1.29 is 9.13 Å². The minimum atomic E-state index is -0.0945. The Morgan fingerprint density at radius 1 is 1.35 bits per heavy atom. The normalized spacial score (nSPS) is 20.3. The molecule has 1 aliphatic rings. The summed E-state index contributed by atoms with van der Waals surface area (Å²) >= 11 is 0. The highest BCUT2D eigenvalue weighted by atomic mass is 19.1. The van der Waals surface area contributed by atoms with Gasteiger partial charge in [0.2, 0.25) is 0 Å². The molecule has 0 aliphatic carbocycles. The second-order valence-corrected chi connectivity index (χ2v) is 5.56. The molecule has 0 amide bonds. The number of aryl methyl sites for hydroxylation is 2. The minimum Gasteiger partial charge on any atom is -0.374 e. The molecule has 112 valence electrons. The third kappa shape index (κ3) is 4.01. The Kier molecular flexibility index (Phi) is 5.52. The van der Waals surface area contributed by atoms with E-state index in [0.717, 1.165) is 44.9 Å². The summed E-state index contributed by atoms with van der Waals surface area (Å²) in [6, 6.07) is 3.82. The fourth-order valence-electron chi connectivity index (χ4n) is 2.71. The van der Waals surface area contributed by atoms with Gasteiger partial charge < -0.3 is 10.1 Å². The van der Waals surface area contributed by atoms with Crippen LogP contribution in [0, 0.1) is 19.7 Å². The number of ether oxygens (including phenoxy) is 1. The van der Waals surface area contributed by atoms with Crippen LogP contribution in [0.2, 0.25) is 0 Å². The average molecular weight is 280 g/mol. The minimum absolute atomic E-state index is 0.0945. The van der Waals surface area contributed by atoms with E-state index in [1.165, 1.54) is 0 Å². The zero-order valence-electron chi connectivity index (χ0n) is 12.7. The molecule has 0 spiro atoms. The van der Waals surface area contributed by atoms with Crippen LogP contribution in [-0.4, -0.2) is 43.8 Å². The van der Waals surface area contributed by atoms with Crippen molar-refractivity contribution in [3.63, 3.8) is 0 Å². The molecule has 1 fully saturated rings. The first-order valence-corrected chi connectivity index (χ1v) is 7.40. The Morgan fingerprint density at radius 2 is 2.05 bits per heavy atom. The number of benzene rings is 1. The average Bonchev–Trinajstić information content (AvgIpc) is 2.45. The molecule has 1 unspecified atom stereocenters. The molecule has 1 atom stereocenters. The van der Waals surface area contributed by atoms with Gasteiger partial charge in [-0.05, 0) is 37.1 Å². The number of nitrogens with one attached hydrogen (secondary N) is 1. The van der Waals surface area contributed by atoms with E-state index in [0.29, 0.717) is 11.1 Å². The van der Waals surface area contributed by atoms with Crippen molar-refractivity contribution in [2.45, 2.75) is 33.4 Å². The van der Waals surface area contributed by atoms with Crippen LogP contribution in [-0.2, 0) is 11.3 Å². The van der Waals surface area contributed by atoms with Crippen molar-refractivity contribution in [2.24, 2.45) is 0 Å². The van der Waals surface area contributed by atoms with Gasteiger partial charge in [-0.3, -0.25) is 4.90 Å². The molecule has 3 nitrogen and oxygen atoms in total. The number of morpholine rings is 1. The SMILES string of the molecule is CCN1CCOC(CNCc2cc(C)c(F)c(C)c2)C1. The van der Waals surface area contributed by atoms with Crippen LogP contribution in [0.3, 0.4) is 0 Å². The lowest BCUT2D eigenvalue weighted by atomic mass is 10.1. The van der Waals surface area contributed by atoms with E-state index >= 15 is 0 Å². The first-order valence-electron chi connectivity index (χ1n) is 7.40. The molecule has 1 heterocycles. The van der Waals surface area contributed by atoms with Crippen molar-refractivity contribution in [2.75, 3.05) is 32.8 Å². The Labute approximate surface area is 121 Å². The molecule has 4 heteroatoms. The molecule has 0 aromatic heterocycles. The summed E-state index contributed by atoms with van der Waals surface area (Å²) in [6.45, 7) is 11.3. The maximum atomic E-state index is 13.6. The molecule has 0 bridgehead atoms. The van der Waals surface area contributed by atoms with E-state index in [1.54, 1.807) is 0 Å². The molecule has 2 rings (SSSR count). The van der Waals surface area contributed by atoms with Gasteiger partial charge in [0.05, 0.1) is 12.7 Å². The summed E-state index contributed by atoms with van der Waals surface area (Å²) in [5.74, 6) is -0.0945. The lowest BCUT2D eigenvalue weighted by Gasteiger charge is -2.32. The topological polar surface area (TPSA) is 24.5 Å². The fraction of sp³-hybridized carbons (Fsp3) is 0.625. The summed E-state index contributed by atoms with van der Waals surface area (Å²) in [7, 11) is 0. The number of nitrogens with zero attached hydrogens (tertiary/aromatic N) is 1. The zero-order valence-corrected chi connectivity index (χ0v) is 12.7. The summed E-state index contributed by atoms with van der Waals surface area (Å²) in [5.41, 5.74) is 2.56. The van der Waals surface area contributed by atoms with Gasteiger partial charge >= 0.3 is 0 Å². The molecule has 20 heavy (non-hydrogen) atoms. The Morgan fingerprint density at radius 3 is 2.70 bits per heavy atom. The third-order valence-electron chi connectivity index (χ3n) is 3.87. The van der Waals surface area contributed by atoms with E-state index in [-0.39, 0.29) is 11.9 Å². The van der Waals surface area contributed by atoms with Gasteiger partial charge in [-0.15, -0.1) is 0 Å². The number of hydrogen-bond donors (Lipinski definition) is 1. The van der Waals surface area contributed by atoms with Crippen molar-refractivity contribution >= 4 is 0 Å². The molecule has 1 aromatic rings. The number of likely N-dealkylation sites (N-methyl/N-ethyl adjacent to an activating group) is 1. The van der Waals surface area contributed by atoms with E-state index in [1.807, 2.05) is 26.0 Å². The second-order valence-electron chi connectivity index (χ2n) is 5.56. The van der Waals surface area contributed by atoms with Crippen molar-refractivity contribution in [1.82, 2.24) is 10.2 Å². The van der Waals surface area contributed by atoms with Crippen molar-refractivity contribution in [3.8, 4) is 0 Å². The smallest absolute Gasteiger partial charge is 0.129 e. The summed E-state index contributed by atoms with van der Waals surface area (Å²) in [5, 5.41) is 3.42. The van der Waals surface area contributed by atoms with Gasteiger partial charge in [-0.25, -0.2) is 4.39 Å².